The molecule has 1 atom stereocenters. The van der Waals surface area contributed by atoms with Gasteiger partial charge < -0.3 is 19.9 Å². The molecule has 5 nitrogen and oxygen atoms in total. The Hall–Kier alpha value is -1.91. The number of para-hydroxylation sites is 1. The van der Waals surface area contributed by atoms with Crippen molar-refractivity contribution in [1.82, 2.24) is 0 Å². The van der Waals surface area contributed by atoms with Crippen LogP contribution in [0.5, 0.6) is 11.5 Å². The first-order valence-electron chi connectivity index (χ1n) is 4.51. The fraction of sp³-hybridized carbons (Fsp3) is 0.300. The molecule has 0 fully saturated rings. The van der Waals surface area contributed by atoms with Crippen molar-refractivity contribution >= 4 is 11.7 Å². The molecule has 1 aromatic carbocycles. The zero-order valence-electron chi connectivity index (χ0n) is 8.19. The second-order valence-electron chi connectivity index (χ2n) is 3.18. The van der Waals surface area contributed by atoms with Gasteiger partial charge in [0.15, 0.2) is 6.04 Å². The highest BCUT2D eigenvalue weighted by Crippen LogP contribution is 2.37. The Balaban J connectivity index is 2.34. The number of ether oxygens (including phenoxy) is 2. The highest BCUT2D eigenvalue weighted by atomic mass is 16.5. The summed E-state index contributed by atoms with van der Waals surface area (Å²) in [7, 11) is 1.53. The molecular formula is C10H11NO4. The number of carboxylic acid groups (broad SMARTS) is 1. The van der Waals surface area contributed by atoms with E-state index in [9.17, 15) is 4.79 Å². The number of aliphatic carboxylic acids is 1. The summed E-state index contributed by atoms with van der Waals surface area (Å²) in [6.07, 6.45) is 0. The smallest absolute Gasteiger partial charge is 0.329 e. The zero-order valence-corrected chi connectivity index (χ0v) is 8.19. The van der Waals surface area contributed by atoms with Crippen LogP contribution in [0.3, 0.4) is 0 Å². The lowest BCUT2D eigenvalue weighted by Gasteiger charge is -2.25. The Morgan fingerprint density at radius 3 is 3.13 bits per heavy atom. The number of carbonyl (C=O) groups is 1. The van der Waals surface area contributed by atoms with E-state index in [2.05, 4.69) is 5.32 Å². The molecule has 1 heterocycles. The van der Waals surface area contributed by atoms with Gasteiger partial charge in [-0.05, 0) is 12.1 Å². The second-order valence-corrected chi connectivity index (χ2v) is 3.18. The molecular weight excluding hydrogens is 198 g/mol. The highest BCUT2D eigenvalue weighted by molar-refractivity contribution is 5.81. The summed E-state index contributed by atoms with van der Waals surface area (Å²) in [5, 5.41) is 11.7. The molecule has 1 aliphatic rings. The van der Waals surface area contributed by atoms with Gasteiger partial charge in [0.2, 0.25) is 0 Å². The molecule has 2 N–H and O–H groups in total. The lowest BCUT2D eigenvalue weighted by molar-refractivity contribution is -0.138. The van der Waals surface area contributed by atoms with Gasteiger partial charge in [0.05, 0.1) is 7.11 Å². The van der Waals surface area contributed by atoms with E-state index in [4.69, 9.17) is 14.6 Å². The number of fused-ring (bicyclic) bond motifs is 1. The monoisotopic (exact) mass is 209 g/mol. The number of rotatable bonds is 2. The quantitative estimate of drug-likeness (QED) is 0.759. The number of methoxy groups -OCH3 is 1. The Labute approximate surface area is 86.6 Å². The average Bonchev–Trinajstić information content (AvgIpc) is 2.27. The van der Waals surface area contributed by atoms with Gasteiger partial charge >= 0.3 is 5.97 Å². The van der Waals surface area contributed by atoms with Crippen LogP contribution < -0.4 is 14.8 Å². The van der Waals surface area contributed by atoms with Crippen LogP contribution in [0.2, 0.25) is 0 Å². The van der Waals surface area contributed by atoms with E-state index in [-0.39, 0.29) is 6.61 Å². The van der Waals surface area contributed by atoms with Crippen molar-refractivity contribution in [2.45, 2.75) is 6.04 Å². The normalized spacial score (nSPS) is 18.3. The van der Waals surface area contributed by atoms with Crippen LogP contribution in [0.1, 0.15) is 0 Å². The SMILES string of the molecule is COc1cccc2c1NC(C(=O)O)CO2. The van der Waals surface area contributed by atoms with E-state index in [1.165, 1.54) is 7.11 Å². The largest absolute Gasteiger partial charge is 0.494 e. The summed E-state index contributed by atoms with van der Waals surface area (Å²) >= 11 is 0. The molecule has 80 valence electrons. The molecule has 0 saturated carbocycles. The molecule has 0 spiro atoms. The van der Waals surface area contributed by atoms with Crippen molar-refractivity contribution in [2.24, 2.45) is 0 Å². The molecule has 2 rings (SSSR count). The van der Waals surface area contributed by atoms with Gasteiger partial charge in [-0.3, -0.25) is 0 Å². The topological polar surface area (TPSA) is 67.8 Å². The van der Waals surface area contributed by atoms with Gasteiger partial charge in [-0.25, -0.2) is 4.79 Å². The standard InChI is InChI=1S/C10H11NO4/c1-14-7-3-2-4-8-9(7)11-6(5-15-8)10(12)13/h2-4,6,11H,5H2,1H3,(H,12,13). The van der Waals surface area contributed by atoms with Crippen LogP contribution in [0.4, 0.5) is 5.69 Å². The van der Waals surface area contributed by atoms with Crippen molar-refractivity contribution in [2.75, 3.05) is 19.0 Å². The summed E-state index contributed by atoms with van der Waals surface area (Å²) in [6.45, 7) is 0.121. The number of carboxylic acids is 1. The van der Waals surface area contributed by atoms with Crippen LogP contribution in [0.25, 0.3) is 0 Å². The minimum Gasteiger partial charge on any atom is -0.494 e. The van der Waals surface area contributed by atoms with Crippen molar-refractivity contribution in [3.63, 3.8) is 0 Å². The maximum Gasteiger partial charge on any atom is 0.329 e. The molecule has 0 aromatic heterocycles. The minimum absolute atomic E-state index is 0.121. The van der Waals surface area contributed by atoms with E-state index in [1.807, 2.05) is 0 Å². The van der Waals surface area contributed by atoms with Crippen molar-refractivity contribution < 1.29 is 19.4 Å². The second kappa shape index (κ2) is 3.68. The van der Waals surface area contributed by atoms with E-state index in [0.717, 1.165) is 0 Å². The number of benzene rings is 1. The van der Waals surface area contributed by atoms with Crippen LogP contribution in [-0.2, 0) is 4.79 Å². The summed E-state index contributed by atoms with van der Waals surface area (Å²) < 4.78 is 10.4. The first-order chi connectivity index (χ1) is 7.22. The molecule has 15 heavy (non-hydrogen) atoms. The third-order valence-corrected chi connectivity index (χ3v) is 2.23. The molecule has 0 amide bonds. The first kappa shape index (κ1) is 9.64. The fourth-order valence-electron chi connectivity index (χ4n) is 1.47. The number of hydrogen-bond acceptors (Lipinski definition) is 4. The first-order valence-corrected chi connectivity index (χ1v) is 4.51. The van der Waals surface area contributed by atoms with Gasteiger partial charge in [0.1, 0.15) is 23.8 Å². The molecule has 0 radical (unpaired) electrons. The summed E-state index contributed by atoms with van der Waals surface area (Å²) in [4.78, 5) is 10.8. The molecule has 5 heteroatoms. The van der Waals surface area contributed by atoms with Gasteiger partial charge in [-0.15, -0.1) is 0 Å². The molecule has 1 unspecified atom stereocenters. The van der Waals surface area contributed by atoms with Crippen LogP contribution >= 0.6 is 0 Å². The summed E-state index contributed by atoms with van der Waals surface area (Å²) in [5.41, 5.74) is 0.596. The summed E-state index contributed by atoms with van der Waals surface area (Å²) in [6, 6.07) is 4.58. The zero-order chi connectivity index (χ0) is 10.8. The maximum absolute atomic E-state index is 10.8. The van der Waals surface area contributed by atoms with E-state index in [1.54, 1.807) is 18.2 Å². The van der Waals surface area contributed by atoms with Crippen LogP contribution in [0, 0.1) is 0 Å². The summed E-state index contributed by atoms with van der Waals surface area (Å²) in [5.74, 6) is 0.261. The molecule has 0 bridgehead atoms. The van der Waals surface area contributed by atoms with Crippen molar-refractivity contribution in [3.8, 4) is 11.5 Å². The molecule has 1 aromatic rings. The third-order valence-electron chi connectivity index (χ3n) is 2.23. The predicted octanol–water partition coefficient (Wildman–Crippen LogP) is 0.953. The predicted molar refractivity (Wildman–Crippen MR) is 53.5 cm³/mol. The molecule has 0 saturated heterocycles. The van der Waals surface area contributed by atoms with Crippen molar-refractivity contribution in [1.29, 1.82) is 0 Å². The lowest BCUT2D eigenvalue weighted by atomic mass is 10.2. The molecule has 1 aliphatic heterocycles. The molecule has 0 aliphatic carbocycles. The Morgan fingerprint density at radius 1 is 1.67 bits per heavy atom. The van der Waals surface area contributed by atoms with Gasteiger partial charge in [0, 0.05) is 0 Å². The van der Waals surface area contributed by atoms with Gasteiger partial charge in [-0.2, -0.15) is 0 Å². The Morgan fingerprint density at radius 2 is 2.47 bits per heavy atom. The number of hydrogen-bond donors (Lipinski definition) is 2. The average molecular weight is 209 g/mol. The van der Waals surface area contributed by atoms with Crippen LogP contribution in [-0.4, -0.2) is 30.8 Å². The Kier molecular flexibility index (Phi) is 2.37. The van der Waals surface area contributed by atoms with E-state index in [0.29, 0.717) is 17.2 Å². The van der Waals surface area contributed by atoms with E-state index < -0.39 is 12.0 Å². The maximum atomic E-state index is 10.8. The highest BCUT2D eigenvalue weighted by Gasteiger charge is 2.26. The lowest BCUT2D eigenvalue weighted by Crippen LogP contribution is -2.38. The Bertz CT molecular complexity index is 377. The van der Waals surface area contributed by atoms with Crippen LogP contribution in [0.15, 0.2) is 18.2 Å². The number of anilines is 1. The fourth-order valence-corrected chi connectivity index (χ4v) is 1.47. The van der Waals surface area contributed by atoms with Crippen molar-refractivity contribution in [3.05, 3.63) is 18.2 Å². The third kappa shape index (κ3) is 1.68. The minimum atomic E-state index is -0.938. The number of nitrogens with one attached hydrogen (secondary N) is 1. The van der Waals surface area contributed by atoms with Gasteiger partial charge in [0.25, 0.3) is 0 Å². The van der Waals surface area contributed by atoms with E-state index >= 15 is 0 Å². The van der Waals surface area contributed by atoms with Gasteiger partial charge in [-0.1, -0.05) is 6.07 Å².